The standard InChI is InChI=1S/C10H23N3O2S/c1-3-5-12-6-8-13(9-7-12)16(14,15)10-4-11-2/h11H,3-10H2,1-2H3. The van der Waals surface area contributed by atoms with E-state index in [1.54, 1.807) is 11.4 Å². The van der Waals surface area contributed by atoms with E-state index in [-0.39, 0.29) is 5.75 Å². The molecular weight excluding hydrogens is 226 g/mol. The van der Waals surface area contributed by atoms with Crippen LogP contribution < -0.4 is 5.32 Å². The number of sulfonamides is 1. The molecule has 0 saturated carbocycles. The third kappa shape index (κ3) is 4.01. The van der Waals surface area contributed by atoms with E-state index in [1.807, 2.05) is 0 Å². The zero-order chi connectivity index (χ0) is 12.0. The third-order valence-corrected chi connectivity index (χ3v) is 4.75. The van der Waals surface area contributed by atoms with Gasteiger partial charge in [-0.25, -0.2) is 8.42 Å². The molecule has 1 aliphatic rings. The Kier molecular flexibility index (Phi) is 5.68. The van der Waals surface area contributed by atoms with Crippen LogP contribution in [0.4, 0.5) is 0 Å². The van der Waals surface area contributed by atoms with Crippen molar-refractivity contribution < 1.29 is 8.42 Å². The van der Waals surface area contributed by atoms with Crippen molar-refractivity contribution >= 4 is 10.0 Å². The van der Waals surface area contributed by atoms with E-state index in [4.69, 9.17) is 0 Å². The van der Waals surface area contributed by atoms with E-state index in [0.29, 0.717) is 19.6 Å². The summed E-state index contributed by atoms with van der Waals surface area (Å²) >= 11 is 0. The van der Waals surface area contributed by atoms with Gasteiger partial charge in [-0.3, -0.25) is 0 Å². The SMILES string of the molecule is CCCN1CCN(S(=O)(=O)CCNC)CC1. The average molecular weight is 249 g/mol. The van der Waals surface area contributed by atoms with Gasteiger partial charge in [0.2, 0.25) is 10.0 Å². The molecule has 1 N–H and O–H groups in total. The third-order valence-electron chi connectivity index (χ3n) is 2.87. The lowest BCUT2D eigenvalue weighted by molar-refractivity contribution is 0.189. The largest absolute Gasteiger partial charge is 0.319 e. The summed E-state index contributed by atoms with van der Waals surface area (Å²) in [5.74, 6) is 0.206. The number of hydrogen-bond acceptors (Lipinski definition) is 4. The normalized spacial score (nSPS) is 20.1. The number of rotatable bonds is 6. The Morgan fingerprint density at radius 3 is 2.31 bits per heavy atom. The van der Waals surface area contributed by atoms with Crippen LogP contribution in [0.2, 0.25) is 0 Å². The number of piperazine rings is 1. The molecule has 1 rings (SSSR count). The monoisotopic (exact) mass is 249 g/mol. The molecule has 0 aromatic carbocycles. The summed E-state index contributed by atoms with van der Waals surface area (Å²) in [5.41, 5.74) is 0. The molecule has 0 aromatic rings. The smallest absolute Gasteiger partial charge is 0.215 e. The summed E-state index contributed by atoms with van der Waals surface area (Å²) in [6, 6.07) is 0. The molecule has 0 atom stereocenters. The van der Waals surface area contributed by atoms with E-state index in [9.17, 15) is 8.42 Å². The molecule has 6 heteroatoms. The lowest BCUT2D eigenvalue weighted by atomic mass is 10.3. The lowest BCUT2D eigenvalue weighted by Crippen LogP contribution is -2.49. The predicted molar refractivity (Wildman–Crippen MR) is 66.0 cm³/mol. The van der Waals surface area contributed by atoms with Crippen molar-refractivity contribution in [3.8, 4) is 0 Å². The average Bonchev–Trinajstić information content (AvgIpc) is 2.28. The van der Waals surface area contributed by atoms with Gasteiger partial charge in [0.1, 0.15) is 0 Å². The predicted octanol–water partition coefficient (Wildman–Crippen LogP) is -0.437. The zero-order valence-electron chi connectivity index (χ0n) is 10.3. The highest BCUT2D eigenvalue weighted by atomic mass is 32.2. The van der Waals surface area contributed by atoms with Crippen molar-refractivity contribution in [3.63, 3.8) is 0 Å². The molecule has 1 fully saturated rings. The van der Waals surface area contributed by atoms with Crippen molar-refractivity contribution in [3.05, 3.63) is 0 Å². The van der Waals surface area contributed by atoms with Gasteiger partial charge in [-0.2, -0.15) is 4.31 Å². The van der Waals surface area contributed by atoms with Gasteiger partial charge in [0.05, 0.1) is 5.75 Å². The van der Waals surface area contributed by atoms with Crippen LogP contribution in [0.5, 0.6) is 0 Å². The van der Waals surface area contributed by atoms with Gasteiger partial charge >= 0.3 is 0 Å². The van der Waals surface area contributed by atoms with Crippen LogP contribution in [0.1, 0.15) is 13.3 Å². The van der Waals surface area contributed by atoms with Crippen LogP contribution in [0, 0.1) is 0 Å². The first kappa shape index (κ1) is 13.9. The molecule has 0 bridgehead atoms. The molecule has 5 nitrogen and oxygen atoms in total. The van der Waals surface area contributed by atoms with E-state index >= 15 is 0 Å². The molecule has 1 saturated heterocycles. The van der Waals surface area contributed by atoms with Gasteiger partial charge in [-0.15, -0.1) is 0 Å². The summed E-state index contributed by atoms with van der Waals surface area (Å²) in [4.78, 5) is 2.32. The molecule has 0 aliphatic carbocycles. The minimum atomic E-state index is -3.04. The van der Waals surface area contributed by atoms with Crippen LogP contribution in [0.15, 0.2) is 0 Å². The molecule has 0 spiro atoms. The van der Waals surface area contributed by atoms with Crippen molar-refractivity contribution in [2.75, 3.05) is 52.1 Å². The second-order valence-corrected chi connectivity index (χ2v) is 6.25. The van der Waals surface area contributed by atoms with Crippen molar-refractivity contribution in [1.82, 2.24) is 14.5 Å². The highest BCUT2D eigenvalue weighted by Crippen LogP contribution is 2.07. The Morgan fingerprint density at radius 1 is 1.19 bits per heavy atom. The summed E-state index contributed by atoms with van der Waals surface area (Å²) in [6.07, 6.45) is 1.13. The fourth-order valence-corrected chi connectivity index (χ4v) is 3.35. The Labute approximate surface area is 98.8 Å². The molecular formula is C10H23N3O2S. The van der Waals surface area contributed by atoms with Crippen molar-refractivity contribution in [2.24, 2.45) is 0 Å². The molecule has 1 heterocycles. The van der Waals surface area contributed by atoms with Gasteiger partial charge in [-0.05, 0) is 20.0 Å². The van der Waals surface area contributed by atoms with Crippen LogP contribution in [0.3, 0.4) is 0 Å². The minimum absolute atomic E-state index is 0.206. The van der Waals surface area contributed by atoms with Gasteiger partial charge in [0.15, 0.2) is 0 Å². The highest BCUT2D eigenvalue weighted by Gasteiger charge is 2.25. The first-order chi connectivity index (χ1) is 7.60. The first-order valence-corrected chi connectivity index (χ1v) is 7.56. The Bertz CT molecular complexity index is 284. The fraction of sp³-hybridized carbons (Fsp3) is 1.00. The molecule has 96 valence electrons. The maximum absolute atomic E-state index is 11.9. The summed E-state index contributed by atoms with van der Waals surface area (Å²) in [7, 11) is -1.27. The van der Waals surface area contributed by atoms with Gasteiger partial charge in [0.25, 0.3) is 0 Å². The molecule has 0 unspecified atom stereocenters. The molecule has 0 amide bonds. The maximum atomic E-state index is 11.9. The van der Waals surface area contributed by atoms with E-state index < -0.39 is 10.0 Å². The molecule has 0 radical (unpaired) electrons. The van der Waals surface area contributed by atoms with Crippen LogP contribution in [-0.4, -0.2) is 69.7 Å². The van der Waals surface area contributed by atoms with E-state index in [1.165, 1.54) is 0 Å². The zero-order valence-corrected chi connectivity index (χ0v) is 11.1. The van der Waals surface area contributed by atoms with Crippen LogP contribution in [-0.2, 0) is 10.0 Å². The van der Waals surface area contributed by atoms with Gasteiger partial charge in [0, 0.05) is 32.7 Å². The minimum Gasteiger partial charge on any atom is -0.319 e. The van der Waals surface area contributed by atoms with Crippen LogP contribution in [0.25, 0.3) is 0 Å². The van der Waals surface area contributed by atoms with Crippen LogP contribution >= 0.6 is 0 Å². The van der Waals surface area contributed by atoms with Gasteiger partial charge in [-0.1, -0.05) is 6.92 Å². The lowest BCUT2D eigenvalue weighted by Gasteiger charge is -2.33. The quantitative estimate of drug-likeness (QED) is 0.693. The second kappa shape index (κ2) is 6.54. The van der Waals surface area contributed by atoms with E-state index in [2.05, 4.69) is 17.1 Å². The Hall–Kier alpha value is -0.170. The van der Waals surface area contributed by atoms with Gasteiger partial charge < -0.3 is 10.2 Å². The van der Waals surface area contributed by atoms with Crippen molar-refractivity contribution in [2.45, 2.75) is 13.3 Å². The number of nitrogens with one attached hydrogen (secondary N) is 1. The number of nitrogens with zero attached hydrogens (tertiary/aromatic N) is 2. The fourth-order valence-electron chi connectivity index (χ4n) is 1.91. The highest BCUT2D eigenvalue weighted by molar-refractivity contribution is 7.89. The Morgan fingerprint density at radius 2 is 1.81 bits per heavy atom. The van der Waals surface area contributed by atoms with Crippen molar-refractivity contribution in [1.29, 1.82) is 0 Å². The Balaban J connectivity index is 2.40. The van der Waals surface area contributed by atoms with E-state index in [0.717, 1.165) is 26.1 Å². The summed E-state index contributed by atoms with van der Waals surface area (Å²) in [5, 5.41) is 2.88. The summed E-state index contributed by atoms with van der Waals surface area (Å²) in [6.45, 7) is 6.77. The molecule has 16 heavy (non-hydrogen) atoms. The molecule has 1 aliphatic heterocycles. The summed E-state index contributed by atoms with van der Waals surface area (Å²) < 4.78 is 25.4. The second-order valence-electron chi connectivity index (χ2n) is 4.16. The first-order valence-electron chi connectivity index (χ1n) is 5.95. The maximum Gasteiger partial charge on any atom is 0.215 e. The topological polar surface area (TPSA) is 52.7 Å². The number of hydrogen-bond donors (Lipinski definition) is 1. The molecule has 0 aromatic heterocycles.